The fourth-order valence-electron chi connectivity index (χ4n) is 8.05. The summed E-state index contributed by atoms with van der Waals surface area (Å²) in [6.45, 7) is 0. The van der Waals surface area contributed by atoms with E-state index >= 15 is 0 Å². The summed E-state index contributed by atoms with van der Waals surface area (Å²) in [4.78, 5) is 24.3. The molecule has 5 aromatic heterocycles. The zero-order valence-corrected chi connectivity index (χ0v) is 33.2. The zero-order valence-electron chi connectivity index (χ0n) is 32.4. The normalized spacial score (nSPS) is 13.7. The summed E-state index contributed by atoms with van der Waals surface area (Å²) in [6, 6.07) is 57.6. The van der Waals surface area contributed by atoms with Crippen LogP contribution in [-0.2, 0) is 0 Å². The van der Waals surface area contributed by atoms with Crippen molar-refractivity contribution in [3.63, 3.8) is 0 Å². The van der Waals surface area contributed by atoms with E-state index in [0.29, 0.717) is 0 Å². The number of hydrogen-bond acceptors (Lipinski definition) is 5. The minimum Gasteiger partial charge on any atom is -0.265 e. The fourth-order valence-corrected chi connectivity index (χ4v) is 9.55. The molecular formula is C54H35N5S. The van der Waals surface area contributed by atoms with Crippen LogP contribution in [-0.4, -0.2) is 30.3 Å². The predicted octanol–water partition coefficient (Wildman–Crippen LogP) is 13.5. The largest absolute Gasteiger partial charge is 0.265 e. The molecule has 60 heavy (non-hydrogen) atoms. The van der Waals surface area contributed by atoms with Crippen molar-refractivity contribution < 1.29 is 0 Å². The van der Waals surface area contributed by atoms with E-state index in [0.717, 1.165) is 93.6 Å². The molecule has 11 rings (SSSR count). The Balaban J connectivity index is 1.01. The monoisotopic (exact) mass is 785 g/mol. The van der Waals surface area contributed by atoms with Gasteiger partial charge in [-0.3, -0.25) is 9.97 Å². The van der Waals surface area contributed by atoms with E-state index in [-0.39, 0.29) is 0 Å². The average molecular weight is 786 g/mol. The van der Waals surface area contributed by atoms with Crippen LogP contribution in [0, 0.1) is 0 Å². The first-order valence-electron chi connectivity index (χ1n) is 19.9. The van der Waals surface area contributed by atoms with Crippen molar-refractivity contribution in [2.45, 2.75) is 5.03 Å². The summed E-state index contributed by atoms with van der Waals surface area (Å²) in [5, 5.41) is 8.91. The summed E-state index contributed by atoms with van der Waals surface area (Å²) in [5.74, 6) is 0. The lowest BCUT2D eigenvalue weighted by atomic mass is 9.95. The number of rotatable bonds is 7. The topological polar surface area (TPSA) is 64.5 Å². The molecule has 282 valence electrons. The summed E-state index contributed by atoms with van der Waals surface area (Å²) in [6.07, 6.45) is 11.7. The Hall–Kier alpha value is -7.67. The molecule has 0 saturated heterocycles. The zero-order chi connectivity index (χ0) is 39.8. The van der Waals surface area contributed by atoms with Gasteiger partial charge in [0.05, 0.1) is 33.0 Å². The molecule has 5 nitrogen and oxygen atoms in total. The Morgan fingerprint density at radius 2 is 0.983 bits per heavy atom. The summed E-state index contributed by atoms with van der Waals surface area (Å²) in [7, 11) is -0.400. The summed E-state index contributed by atoms with van der Waals surface area (Å²) in [5.41, 5.74) is 15.8. The van der Waals surface area contributed by atoms with Crippen molar-refractivity contribution in [2.24, 2.45) is 0 Å². The van der Waals surface area contributed by atoms with Crippen molar-refractivity contribution >= 4 is 54.1 Å². The third kappa shape index (κ3) is 6.69. The van der Waals surface area contributed by atoms with E-state index in [4.69, 9.17) is 15.0 Å². The molecule has 0 saturated carbocycles. The van der Waals surface area contributed by atoms with Gasteiger partial charge in [-0.1, -0.05) is 127 Å². The van der Waals surface area contributed by atoms with Crippen LogP contribution in [0.2, 0.25) is 0 Å². The van der Waals surface area contributed by atoms with Gasteiger partial charge >= 0.3 is 0 Å². The van der Waals surface area contributed by atoms with Crippen molar-refractivity contribution in [3.05, 3.63) is 212 Å². The number of fused-ring (bicyclic) bond motifs is 4. The molecule has 0 bridgehead atoms. The van der Waals surface area contributed by atoms with E-state index < -0.39 is 10.5 Å². The van der Waals surface area contributed by atoms with E-state index in [2.05, 4.69) is 172 Å². The van der Waals surface area contributed by atoms with E-state index in [1.807, 2.05) is 49.1 Å². The van der Waals surface area contributed by atoms with Gasteiger partial charge in [-0.25, -0.2) is 15.0 Å². The smallest absolute Gasteiger partial charge is 0.0979 e. The number of hydrogen-bond donors (Lipinski definition) is 0. The fraction of sp³-hybridized carbons (Fsp3) is 0. The van der Waals surface area contributed by atoms with Crippen LogP contribution >= 0.6 is 10.5 Å². The quantitative estimate of drug-likeness (QED) is 0.0915. The van der Waals surface area contributed by atoms with E-state index in [1.165, 1.54) is 11.1 Å². The van der Waals surface area contributed by atoms with Gasteiger partial charge in [0, 0.05) is 57.6 Å². The maximum absolute atomic E-state index is 5.41. The highest BCUT2D eigenvalue weighted by molar-refractivity contribution is 8.18. The highest BCUT2D eigenvalue weighted by Gasteiger charge is 2.17. The molecule has 0 fully saturated rings. The maximum atomic E-state index is 5.41. The first-order valence-corrected chi connectivity index (χ1v) is 21.2. The first-order chi connectivity index (χ1) is 29.7. The van der Waals surface area contributed by atoms with Gasteiger partial charge in [0.1, 0.15) is 0 Å². The van der Waals surface area contributed by atoms with Crippen molar-refractivity contribution in [1.82, 2.24) is 24.9 Å². The van der Waals surface area contributed by atoms with Gasteiger partial charge in [0.2, 0.25) is 0 Å². The molecule has 0 spiro atoms. The van der Waals surface area contributed by atoms with Crippen molar-refractivity contribution in [3.8, 4) is 55.9 Å². The lowest BCUT2D eigenvalue weighted by Gasteiger charge is -2.15. The van der Waals surface area contributed by atoms with Crippen LogP contribution in [0.4, 0.5) is 0 Å². The Bertz CT molecular complexity index is 3220. The molecule has 0 aliphatic carbocycles. The van der Waals surface area contributed by atoms with Crippen molar-refractivity contribution in [1.29, 1.82) is 0 Å². The highest BCUT2D eigenvalue weighted by atomic mass is 32.2. The Morgan fingerprint density at radius 3 is 1.65 bits per heavy atom. The predicted molar refractivity (Wildman–Crippen MR) is 251 cm³/mol. The van der Waals surface area contributed by atoms with Crippen LogP contribution < -0.4 is 0 Å². The first kappa shape index (κ1) is 35.5. The number of nitrogens with zero attached hydrogens (tertiary/aromatic N) is 5. The average Bonchev–Trinajstić information content (AvgIpc) is 3.34. The van der Waals surface area contributed by atoms with Crippen LogP contribution in [0.3, 0.4) is 0 Å². The van der Waals surface area contributed by atoms with E-state index in [1.54, 1.807) is 0 Å². The van der Waals surface area contributed by atoms with Crippen LogP contribution in [0.15, 0.2) is 211 Å². The number of pyridine rings is 5. The molecule has 1 atom stereocenters. The van der Waals surface area contributed by atoms with Gasteiger partial charge in [0.25, 0.3) is 0 Å². The third-order valence-corrected chi connectivity index (χ3v) is 12.8. The molecule has 0 radical (unpaired) electrons. The molecule has 0 amide bonds. The molecule has 10 aromatic rings. The Kier molecular flexibility index (Phi) is 9.02. The molecule has 1 aliphatic heterocycles. The van der Waals surface area contributed by atoms with Crippen LogP contribution in [0.25, 0.3) is 94.2 Å². The number of aromatic nitrogens is 5. The van der Waals surface area contributed by atoms with Crippen LogP contribution in [0.1, 0.15) is 5.56 Å². The lowest BCUT2D eigenvalue weighted by molar-refractivity contribution is 1.20. The van der Waals surface area contributed by atoms with Gasteiger partial charge < -0.3 is 0 Å². The second kappa shape index (κ2) is 15.3. The Labute approximate surface area is 350 Å². The SMILES string of the molecule is C1=CS(c2ccc3ccc4c(-c5ccccc5)c5ccccc5nc4c3n2)=CC(c2cc(-c3ccc(-c4ccncc4)cc3)nc(-c3ccc(-c4ccncc4)cc3)c2)=C1. The Morgan fingerprint density at radius 1 is 0.400 bits per heavy atom. The second-order valence-electron chi connectivity index (χ2n) is 14.7. The number of allylic oxidation sites excluding steroid dienone is 3. The lowest BCUT2D eigenvalue weighted by Crippen LogP contribution is -1.97. The minimum atomic E-state index is -0.400. The third-order valence-electron chi connectivity index (χ3n) is 11.1. The van der Waals surface area contributed by atoms with Gasteiger partial charge in [-0.05, 0) is 98.3 Å². The molecule has 6 heteroatoms. The molecule has 6 heterocycles. The number of para-hydroxylation sites is 1. The summed E-state index contributed by atoms with van der Waals surface area (Å²) < 4.78 is 0. The van der Waals surface area contributed by atoms with Gasteiger partial charge in [-0.2, -0.15) is 0 Å². The van der Waals surface area contributed by atoms with E-state index in [9.17, 15) is 0 Å². The van der Waals surface area contributed by atoms with Gasteiger partial charge in [-0.15, -0.1) is 10.5 Å². The molecule has 1 unspecified atom stereocenters. The minimum absolute atomic E-state index is 0.400. The maximum Gasteiger partial charge on any atom is 0.0979 e. The van der Waals surface area contributed by atoms with Crippen molar-refractivity contribution in [2.75, 3.05) is 0 Å². The number of benzene rings is 5. The molecular weight excluding hydrogens is 751 g/mol. The second-order valence-corrected chi connectivity index (χ2v) is 16.4. The standard InChI is InChI=1S/C54H35N5S/c1-2-7-42(8-3-1)52-46-10-4-5-11-48(46)58-54-47(52)22-20-43-21-23-51(59-53(43)54)60-32-6-9-44(35-60)45-33-49(40-16-12-36(13-17-40)38-24-28-55-29-25-38)57-50(34-45)41-18-14-37(15-19-41)39-26-30-56-31-27-39/h1-35H. The molecule has 0 N–H and O–H groups in total. The molecule has 5 aromatic carbocycles. The van der Waals surface area contributed by atoms with Crippen LogP contribution in [0.5, 0.6) is 0 Å². The molecule has 1 aliphatic rings. The van der Waals surface area contributed by atoms with Gasteiger partial charge in [0.15, 0.2) is 0 Å². The highest BCUT2D eigenvalue weighted by Crippen LogP contribution is 2.40. The summed E-state index contributed by atoms with van der Waals surface area (Å²) >= 11 is 0.